The summed E-state index contributed by atoms with van der Waals surface area (Å²) in [4.78, 5) is 15.5. The summed E-state index contributed by atoms with van der Waals surface area (Å²) >= 11 is 11.6. The zero-order valence-corrected chi connectivity index (χ0v) is 10.5. The van der Waals surface area contributed by atoms with E-state index in [9.17, 15) is 4.79 Å². The molecule has 0 aliphatic heterocycles. The number of alkyl halides is 1. The molecule has 0 fully saturated rings. The number of carbonyl (C=O) groups excluding carboxylic acids is 1. The first-order valence-corrected chi connectivity index (χ1v) is 6.02. The maximum absolute atomic E-state index is 11.0. The van der Waals surface area contributed by atoms with E-state index in [-0.39, 0.29) is 6.54 Å². The van der Waals surface area contributed by atoms with E-state index in [1.165, 1.54) is 0 Å². The zero-order valence-electron chi connectivity index (χ0n) is 8.99. The number of carbonyl (C=O) groups is 1. The van der Waals surface area contributed by atoms with Crippen LogP contribution in [0.4, 0.5) is 0 Å². The van der Waals surface area contributed by atoms with Gasteiger partial charge in [-0.2, -0.15) is 0 Å². The summed E-state index contributed by atoms with van der Waals surface area (Å²) in [6, 6.07) is 5.34. The Hall–Kier alpha value is -1.26. The van der Waals surface area contributed by atoms with Gasteiger partial charge in [-0.3, -0.25) is 4.79 Å². The SMILES string of the molecule is NC(=O)Cn1c(CCCl)nc2cc(Cl)ccc21. The second-order valence-corrected chi connectivity index (χ2v) is 4.47. The Morgan fingerprint density at radius 2 is 2.24 bits per heavy atom. The molecular formula is C11H11Cl2N3O. The summed E-state index contributed by atoms with van der Waals surface area (Å²) in [7, 11) is 0. The molecule has 6 heteroatoms. The van der Waals surface area contributed by atoms with E-state index < -0.39 is 5.91 Å². The van der Waals surface area contributed by atoms with Crippen molar-refractivity contribution in [1.29, 1.82) is 0 Å². The predicted octanol–water partition coefficient (Wildman–Crippen LogP) is 1.96. The van der Waals surface area contributed by atoms with Gasteiger partial charge in [-0.15, -0.1) is 11.6 Å². The number of halogens is 2. The zero-order chi connectivity index (χ0) is 12.4. The van der Waals surface area contributed by atoms with Crippen molar-refractivity contribution in [2.75, 3.05) is 5.88 Å². The molecule has 0 unspecified atom stereocenters. The first kappa shape index (κ1) is 12.2. The largest absolute Gasteiger partial charge is 0.368 e. The van der Waals surface area contributed by atoms with Gasteiger partial charge >= 0.3 is 0 Å². The average molecular weight is 272 g/mol. The van der Waals surface area contributed by atoms with E-state index in [0.717, 1.165) is 16.9 Å². The molecule has 1 aromatic heterocycles. The van der Waals surface area contributed by atoms with Crippen molar-refractivity contribution in [2.24, 2.45) is 5.73 Å². The molecule has 0 radical (unpaired) electrons. The van der Waals surface area contributed by atoms with Gasteiger partial charge in [0.2, 0.25) is 5.91 Å². The molecule has 0 bridgehead atoms. The highest BCUT2D eigenvalue weighted by Crippen LogP contribution is 2.21. The highest BCUT2D eigenvalue weighted by Gasteiger charge is 2.12. The van der Waals surface area contributed by atoms with Crippen LogP contribution < -0.4 is 5.73 Å². The number of fused-ring (bicyclic) bond motifs is 1. The lowest BCUT2D eigenvalue weighted by Crippen LogP contribution is -2.20. The summed E-state index contributed by atoms with van der Waals surface area (Å²) in [5, 5.41) is 0.610. The van der Waals surface area contributed by atoms with E-state index in [1.807, 2.05) is 6.07 Å². The van der Waals surface area contributed by atoms with Crippen LogP contribution in [0.15, 0.2) is 18.2 Å². The third kappa shape index (κ3) is 2.53. The van der Waals surface area contributed by atoms with Gasteiger partial charge in [0.25, 0.3) is 0 Å². The van der Waals surface area contributed by atoms with E-state index in [1.54, 1.807) is 16.7 Å². The molecule has 0 saturated heterocycles. The molecule has 0 aliphatic rings. The maximum Gasteiger partial charge on any atom is 0.237 e. The molecule has 2 rings (SSSR count). The Kier molecular flexibility index (Phi) is 3.54. The first-order chi connectivity index (χ1) is 8.11. The summed E-state index contributed by atoms with van der Waals surface area (Å²) in [6.45, 7) is 0.102. The molecular weight excluding hydrogens is 261 g/mol. The van der Waals surface area contributed by atoms with Crippen LogP contribution in [0.5, 0.6) is 0 Å². The van der Waals surface area contributed by atoms with Crippen molar-refractivity contribution in [3.63, 3.8) is 0 Å². The number of aryl methyl sites for hydroxylation is 1. The first-order valence-electron chi connectivity index (χ1n) is 5.10. The molecule has 4 nitrogen and oxygen atoms in total. The van der Waals surface area contributed by atoms with Crippen molar-refractivity contribution < 1.29 is 4.79 Å². The van der Waals surface area contributed by atoms with Gasteiger partial charge < -0.3 is 10.3 Å². The fraction of sp³-hybridized carbons (Fsp3) is 0.273. The monoisotopic (exact) mass is 271 g/mol. The maximum atomic E-state index is 11.0. The highest BCUT2D eigenvalue weighted by atomic mass is 35.5. The summed E-state index contributed by atoms with van der Waals surface area (Å²) < 4.78 is 1.77. The Morgan fingerprint density at radius 1 is 1.47 bits per heavy atom. The Labute approximate surface area is 108 Å². The molecule has 0 spiro atoms. The minimum absolute atomic E-state index is 0.102. The minimum atomic E-state index is -0.407. The lowest BCUT2D eigenvalue weighted by atomic mass is 10.3. The van der Waals surface area contributed by atoms with E-state index >= 15 is 0 Å². The van der Waals surface area contributed by atoms with Gasteiger partial charge in [-0.05, 0) is 18.2 Å². The van der Waals surface area contributed by atoms with Gasteiger partial charge in [-0.1, -0.05) is 11.6 Å². The third-order valence-corrected chi connectivity index (χ3v) is 2.85. The van der Waals surface area contributed by atoms with Crippen LogP contribution >= 0.6 is 23.2 Å². The average Bonchev–Trinajstić information content (AvgIpc) is 2.56. The van der Waals surface area contributed by atoms with Crippen LogP contribution in [-0.2, 0) is 17.8 Å². The van der Waals surface area contributed by atoms with Crippen molar-refractivity contribution >= 4 is 40.1 Å². The number of nitrogens with zero attached hydrogens (tertiary/aromatic N) is 2. The van der Waals surface area contributed by atoms with Crippen LogP contribution in [-0.4, -0.2) is 21.3 Å². The Balaban J connectivity index is 2.57. The third-order valence-electron chi connectivity index (χ3n) is 2.42. The number of hydrogen-bond donors (Lipinski definition) is 1. The summed E-state index contributed by atoms with van der Waals surface area (Å²) in [6.07, 6.45) is 0.584. The quantitative estimate of drug-likeness (QED) is 0.865. The molecule has 2 aromatic rings. The number of amides is 1. The number of rotatable bonds is 4. The van der Waals surface area contributed by atoms with Gasteiger partial charge in [0, 0.05) is 17.3 Å². The van der Waals surface area contributed by atoms with Gasteiger partial charge in [0.1, 0.15) is 12.4 Å². The lowest BCUT2D eigenvalue weighted by Gasteiger charge is -2.05. The Morgan fingerprint density at radius 3 is 2.88 bits per heavy atom. The molecule has 1 aromatic carbocycles. The van der Waals surface area contributed by atoms with Gasteiger partial charge in [0.05, 0.1) is 11.0 Å². The second-order valence-electron chi connectivity index (χ2n) is 3.65. The number of benzene rings is 1. The van der Waals surface area contributed by atoms with Crippen LogP contribution in [0, 0.1) is 0 Å². The second kappa shape index (κ2) is 4.94. The van der Waals surface area contributed by atoms with Crippen LogP contribution in [0.2, 0.25) is 5.02 Å². The van der Waals surface area contributed by atoms with E-state index in [0.29, 0.717) is 17.3 Å². The molecule has 0 aliphatic carbocycles. The molecule has 1 heterocycles. The van der Waals surface area contributed by atoms with E-state index in [4.69, 9.17) is 28.9 Å². The van der Waals surface area contributed by atoms with Crippen LogP contribution in [0.3, 0.4) is 0 Å². The lowest BCUT2D eigenvalue weighted by molar-refractivity contribution is -0.118. The molecule has 90 valence electrons. The smallest absolute Gasteiger partial charge is 0.237 e. The van der Waals surface area contributed by atoms with Gasteiger partial charge in [0.15, 0.2) is 0 Å². The molecule has 1 amide bonds. The molecule has 0 saturated carbocycles. The number of nitrogens with two attached hydrogens (primary N) is 1. The summed E-state index contributed by atoms with van der Waals surface area (Å²) in [5.74, 6) is 0.779. The van der Waals surface area contributed by atoms with Crippen LogP contribution in [0.25, 0.3) is 11.0 Å². The highest BCUT2D eigenvalue weighted by molar-refractivity contribution is 6.31. The summed E-state index contributed by atoms with van der Waals surface area (Å²) in [5.41, 5.74) is 6.81. The topological polar surface area (TPSA) is 60.9 Å². The number of hydrogen-bond acceptors (Lipinski definition) is 2. The van der Waals surface area contributed by atoms with Crippen molar-refractivity contribution in [3.05, 3.63) is 29.0 Å². The minimum Gasteiger partial charge on any atom is -0.368 e. The number of primary amides is 1. The van der Waals surface area contributed by atoms with Gasteiger partial charge in [-0.25, -0.2) is 4.98 Å². The van der Waals surface area contributed by atoms with Crippen molar-refractivity contribution in [2.45, 2.75) is 13.0 Å². The Bertz CT molecular complexity index is 565. The van der Waals surface area contributed by atoms with E-state index in [2.05, 4.69) is 4.98 Å². The normalized spacial score (nSPS) is 10.9. The molecule has 2 N–H and O–H groups in total. The van der Waals surface area contributed by atoms with Crippen LogP contribution in [0.1, 0.15) is 5.82 Å². The number of aromatic nitrogens is 2. The van der Waals surface area contributed by atoms with Crippen molar-refractivity contribution in [1.82, 2.24) is 9.55 Å². The molecule has 17 heavy (non-hydrogen) atoms. The predicted molar refractivity (Wildman–Crippen MR) is 68.4 cm³/mol. The standard InChI is InChI=1S/C11H11Cl2N3O/c12-4-3-11-15-8-5-7(13)1-2-9(8)16(11)6-10(14)17/h1-2,5H,3-4,6H2,(H2,14,17). The fourth-order valence-electron chi connectivity index (χ4n) is 1.76. The fourth-order valence-corrected chi connectivity index (χ4v) is 2.10. The van der Waals surface area contributed by atoms with Crippen molar-refractivity contribution in [3.8, 4) is 0 Å². The number of imidazole rings is 1. The molecule has 0 atom stereocenters.